The van der Waals surface area contributed by atoms with Crippen molar-refractivity contribution in [2.75, 3.05) is 0 Å². The molecule has 34 heavy (non-hydrogen) atoms. The SMILES string of the molecule is C#Cc1cc(OCc2ccc(C(C)(C)C)cc2)c(C#C)cc1OCc1ccc(C(C)(C)C)cc1. The summed E-state index contributed by atoms with van der Waals surface area (Å²) in [5.74, 6) is 6.56. The molecule has 174 valence electrons. The van der Waals surface area contributed by atoms with E-state index in [2.05, 4.69) is 102 Å². The number of hydrogen-bond donors (Lipinski definition) is 0. The molecule has 0 spiro atoms. The molecule has 0 aliphatic heterocycles. The maximum Gasteiger partial charge on any atom is 0.136 e. The second-order valence-electron chi connectivity index (χ2n) is 10.6. The van der Waals surface area contributed by atoms with Gasteiger partial charge in [0.15, 0.2) is 0 Å². The van der Waals surface area contributed by atoms with Crippen molar-refractivity contribution in [3.8, 4) is 36.2 Å². The number of ether oxygens (including phenoxy) is 2. The summed E-state index contributed by atoms with van der Waals surface area (Å²) < 4.78 is 12.1. The van der Waals surface area contributed by atoms with E-state index in [9.17, 15) is 0 Å². The van der Waals surface area contributed by atoms with Crippen molar-refractivity contribution in [1.82, 2.24) is 0 Å². The van der Waals surface area contributed by atoms with Gasteiger partial charge in [0.1, 0.15) is 24.7 Å². The molecule has 0 fully saturated rings. The van der Waals surface area contributed by atoms with E-state index in [0.717, 1.165) is 11.1 Å². The first-order valence-corrected chi connectivity index (χ1v) is 11.6. The number of hydrogen-bond acceptors (Lipinski definition) is 2. The fourth-order valence-electron chi connectivity index (χ4n) is 3.55. The van der Waals surface area contributed by atoms with Gasteiger partial charge < -0.3 is 9.47 Å². The van der Waals surface area contributed by atoms with Crippen LogP contribution in [0, 0.1) is 24.7 Å². The van der Waals surface area contributed by atoms with Crippen LogP contribution in [0.5, 0.6) is 11.5 Å². The Balaban J connectivity index is 1.73. The maximum absolute atomic E-state index is 6.05. The molecule has 2 heteroatoms. The lowest BCUT2D eigenvalue weighted by molar-refractivity contribution is 0.296. The molecule has 3 rings (SSSR count). The summed E-state index contributed by atoms with van der Waals surface area (Å²) in [7, 11) is 0. The van der Waals surface area contributed by atoms with Gasteiger partial charge in [-0.1, -0.05) is 102 Å². The zero-order valence-corrected chi connectivity index (χ0v) is 21.2. The van der Waals surface area contributed by atoms with Crippen LogP contribution in [0.25, 0.3) is 0 Å². The third-order valence-corrected chi connectivity index (χ3v) is 5.82. The molecule has 0 saturated carbocycles. The molecule has 0 amide bonds. The Bertz CT molecular complexity index is 1100. The summed E-state index contributed by atoms with van der Waals surface area (Å²) in [6.07, 6.45) is 11.6. The zero-order chi connectivity index (χ0) is 24.9. The minimum atomic E-state index is 0.113. The van der Waals surface area contributed by atoms with Crippen LogP contribution in [-0.2, 0) is 24.0 Å². The third-order valence-electron chi connectivity index (χ3n) is 5.82. The van der Waals surface area contributed by atoms with Crippen LogP contribution >= 0.6 is 0 Å². The standard InChI is InChI=1S/C32H34O2/c1-9-25-19-30(34-22-24-13-17-28(18-14-24)32(6,7)8)26(10-2)20-29(25)33-21-23-11-15-27(16-12-23)31(3,4)5/h1-2,11-20H,21-22H2,3-8H3. The van der Waals surface area contributed by atoms with Gasteiger partial charge in [0.05, 0.1) is 11.1 Å². The molecule has 0 aliphatic carbocycles. The van der Waals surface area contributed by atoms with Crippen molar-refractivity contribution in [2.24, 2.45) is 0 Å². The third kappa shape index (κ3) is 6.24. The lowest BCUT2D eigenvalue weighted by Gasteiger charge is -2.19. The summed E-state index contributed by atoms with van der Waals surface area (Å²) in [4.78, 5) is 0. The summed E-state index contributed by atoms with van der Waals surface area (Å²) in [6, 6.07) is 20.5. The van der Waals surface area contributed by atoms with E-state index < -0.39 is 0 Å². The van der Waals surface area contributed by atoms with Gasteiger partial charge in [-0.25, -0.2) is 0 Å². The Hall–Kier alpha value is -3.62. The van der Waals surface area contributed by atoms with Gasteiger partial charge in [-0.05, 0) is 33.1 Å². The predicted octanol–water partition coefficient (Wildman–Crippen LogP) is 7.40. The van der Waals surface area contributed by atoms with Gasteiger partial charge in [-0.3, -0.25) is 0 Å². The lowest BCUT2D eigenvalue weighted by atomic mass is 9.87. The van der Waals surface area contributed by atoms with Gasteiger partial charge in [0.2, 0.25) is 0 Å². The second-order valence-corrected chi connectivity index (χ2v) is 10.6. The highest BCUT2D eigenvalue weighted by atomic mass is 16.5. The second kappa shape index (κ2) is 10.1. The summed E-state index contributed by atoms with van der Waals surface area (Å²) in [5.41, 5.74) is 6.15. The van der Waals surface area contributed by atoms with E-state index in [1.54, 1.807) is 12.1 Å². The van der Waals surface area contributed by atoms with Gasteiger partial charge in [-0.15, -0.1) is 12.8 Å². The van der Waals surface area contributed by atoms with Crippen molar-refractivity contribution in [3.05, 3.63) is 94.0 Å². The van der Waals surface area contributed by atoms with Crippen LogP contribution in [0.3, 0.4) is 0 Å². The smallest absolute Gasteiger partial charge is 0.136 e. The van der Waals surface area contributed by atoms with Crippen LogP contribution < -0.4 is 9.47 Å². The van der Waals surface area contributed by atoms with Gasteiger partial charge >= 0.3 is 0 Å². The Morgan fingerprint density at radius 1 is 0.588 bits per heavy atom. The molecule has 0 aliphatic rings. The lowest BCUT2D eigenvalue weighted by Crippen LogP contribution is -2.11. The predicted molar refractivity (Wildman–Crippen MR) is 141 cm³/mol. The van der Waals surface area contributed by atoms with Gasteiger partial charge in [0, 0.05) is 12.1 Å². The van der Waals surface area contributed by atoms with Crippen LogP contribution in [0.2, 0.25) is 0 Å². The highest BCUT2D eigenvalue weighted by molar-refractivity contribution is 5.57. The van der Waals surface area contributed by atoms with Crippen molar-refractivity contribution in [2.45, 2.75) is 65.6 Å². The molecule has 0 heterocycles. The van der Waals surface area contributed by atoms with E-state index in [1.807, 2.05) is 0 Å². The van der Waals surface area contributed by atoms with Crippen molar-refractivity contribution in [3.63, 3.8) is 0 Å². The summed E-state index contributed by atoms with van der Waals surface area (Å²) >= 11 is 0. The highest BCUT2D eigenvalue weighted by Crippen LogP contribution is 2.30. The number of terminal acetylenes is 2. The maximum atomic E-state index is 6.05. The summed E-state index contributed by atoms with van der Waals surface area (Å²) in [5, 5.41) is 0. The average molecular weight is 451 g/mol. The van der Waals surface area contributed by atoms with Crippen molar-refractivity contribution < 1.29 is 9.47 Å². The fourth-order valence-corrected chi connectivity index (χ4v) is 3.55. The van der Waals surface area contributed by atoms with E-state index in [0.29, 0.717) is 35.8 Å². The molecule has 0 atom stereocenters. The first kappa shape index (κ1) is 25.0. The number of benzene rings is 3. The van der Waals surface area contributed by atoms with E-state index in [4.69, 9.17) is 22.3 Å². The molecule has 3 aromatic rings. The Labute approximate surface area is 205 Å². The Kier molecular flexibility index (Phi) is 7.44. The van der Waals surface area contributed by atoms with E-state index >= 15 is 0 Å². The van der Waals surface area contributed by atoms with Crippen LogP contribution in [0.4, 0.5) is 0 Å². The highest BCUT2D eigenvalue weighted by Gasteiger charge is 2.15. The minimum Gasteiger partial charge on any atom is -0.488 e. The number of rotatable bonds is 6. The largest absolute Gasteiger partial charge is 0.488 e. The first-order chi connectivity index (χ1) is 16.0. The quantitative estimate of drug-likeness (QED) is 0.364. The van der Waals surface area contributed by atoms with Crippen LogP contribution in [0.1, 0.15) is 74.9 Å². The monoisotopic (exact) mass is 450 g/mol. The van der Waals surface area contributed by atoms with Crippen molar-refractivity contribution in [1.29, 1.82) is 0 Å². The molecule has 3 aromatic carbocycles. The molecule has 2 nitrogen and oxygen atoms in total. The Morgan fingerprint density at radius 3 is 1.18 bits per heavy atom. The van der Waals surface area contributed by atoms with Crippen LogP contribution in [-0.4, -0.2) is 0 Å². The van der Waals surface area contributed by atoms with Gasteiger partial charge in [0.25, 0.3) is 0 Å². The molecular formula is C32H34O2. The molecule has 0 saturated heterocycles. The Morgan fingerprint density at radius 2 is 0.912 bits per heavy atom. The van der Waals surface area contributed by atoms with E-state index in [1.165, 1.54) is 11.1 Å². The minimum absolute atomic E-state index is 0.113. The topological polar surface area (TPSA) is 18.5 Å². The molecule has 0 aromatic heterocycles. The fraction of sp³-hybridized carbons (Fsp3) is 0.312. The molecule has 0 radical (unpaired) electrons. The normalized spacial score (nSPS) is 11.4. The average Bonchev–Trinajstić information content (AvgIpc) is 2.80. The van der Waals surface area contributed by atoms with E-state index in [-0.39, 0.29) is 10.8 Å². The molecular weight excluding hydrogens is 416 g/mol. The zero-order valence-electron chi connectivity index (χ0n) is 21.2. The van der Waals surface area contributed by atoms with Crippen LogP contribution in [0.15, 0.2) is 60.7 Å². The molecule has 0 N–H and O–H groups in total. The van der Waals surface area contributed by atoms with Crippen molar-refractivity contribution >= 4 is 0 Å². The summed E-state index contributed by atoms with van der Waals surface area (Å²) in [6.45, 7) is 14.0. The first-order valence-electron chi connectivity index (χ1n) is 11.6. The van der Waals surface area contributed by atoms with Gasteiger partial charge in [-0.2, -0.15) is 0 Å². The molecule has 0 bridgehead atoms. The molecule has 0 unspecified atom stereocenters.